The summed E-state index contributed by atoms with van der Waals surface area (Å²) in [4.78, 5) is 4.88. The van der Waals surface area contributed by atoms with E-state index < -0.39 is 0 Å². The van der Waals surface area contributed by atoms with Crippen molar-refractivity contribution in [3.05, 3.63) is 0 Å². The van der Waals surface area contributed by atoms with E-state index in [2.05, 4.69) is 30.8 Å². The van der Waals surface area contributed by atoms with Crippen molar-refractivity contribution in [1.82, 2.24) is 9.80 Å². The summed E-state index contributed by atoms with van der Waals surface area (Å²) in [5.41, 5.74) is 0. The van der Waals surface area contributed by atoms with Gasteiger partial charge in [0.15, 0.2) is 0 Å². The largest absolute Gasteiger partial charge is 0.309 e. The van der Waals surface area contributed by atoms with Crippen molar-refractivity contribution in [2.24, 2.45) is 5.92 Å². The molecule has 1 saturated heterocycles. The molecule has 0 bridgehead atoms. The number of hydrogen-bond acceptors (Lipinski definition) is 2. The smallest absolute Gasteiger partial charge is 0.00218 e. The molecule has 0 spiro atoms. The van der Waals surface area contributed by atoms with Gasteiger partial charge in [-0.25, -0.2) is 0 Å². The van der Waals surface area contributed by atoms with E-state index in [9.17, 15) is 0 Å². The highest BCUT2D eigenvalue weighted by Gasteiger charge is 2.18. The fourth-order valence-corrected chi connectivity index (χ4v) is 2.10. The van der Waals surface area contributed by atoms with E-state index in [1.807, 2.05) is 0 Å². The molecule has 2 nitrogen and oxygen atoms in total. The summed E-state index contributed by atoms with van der Waals surface area (Å²) < 4.78 is 0. The van der Waals surface area contributed by atoms with Crippen LogP contribution in [0.1, 0.15) is 19.8 Å². The fraction of sp³-hybridized carbons (Fsp3) is 1.00. The van der Waals surface area contributed by atoms with E-state index in [0.717, 1.165) is 5.92 Å². The van der Waals surface area contributed by atoms with Gasteiger partial charge >= 0.3 is 0 Å². The van der Waals surface area contributed by atoms with Gasteiger partial charge in [-0.15, -0.1) is 0 Å². The highest BCUT2D eigenvalue weighted by molar-refractivity contribution is 4.73. The summed E-state index contributed by atoms with van der Waals surface area (Å²) in [6.45, 7) is 7.38. The van der Waals surface area contributed by atoms with Crippen LogP contribution in [0.4, 0.5) is 0 Å². The molecule has 0 N–H and O–H groups in total. The molecule has 1 aliphatic rings. The van der Waals surface area contributed by atoms with Gasteiger partial charge in [0.05, 0.1) is 0 Å². The highest BCUT2D eigenvalue weighted by atomic mass is 15.1. The van der Waals surface area contributed by atoms with E-state index in [1.165, 1.54) is 39.0 Å². The highest BCUT2D eigenvalue weighted by Crippen LogP contribution is 2.16. The Labute approximate surface area is 76.5 Å². The van der Waals surface area contributed by atoms with Crippen molar-refractivity contribution in [2.75, 3.05) is 40.3 Å². The van der Waals surface area contributed by atoms with Gasteiger partial charge in [0.25, 0.3) is 0 Å². The second kappa shape index (κ2) is 4.83. The molecule has 1 unspecified atom stereocenters. The maximum Gasteiger partial charge on any atom is 0.00218 e. The van der Waals surface area contributed by atoms with Crippen molar-refractivity contribution < 1.29 is 0 Å². The molecule has 0 aromatic carbocycles. The molecule has 1 rings (SSSR count). The number of hydrogen-bond donors (Lipinski definition) is 0. The average molecular weight is 170 g/mol. The normalized spacial score (nSPS) is 26.5. The second-order valence-corrected chi connectivity index (χ2v) is 4.16. The first-order chi connectivity index (χ1) is 5.72. The Balaban J connectivity index is 2.25. The molecule has 2 heteroatoms. The van der Waals surface area contributed by atoms with E-state index >= 15 is 0 Å². The summed E-state index contributed by atoms with van der Waals surface area (Å²) in [7, 11) is 4.34. The lowest BCUT2D eigenvalue weighted by Gasteiger charge is -2.33. The molecular weight excluding hydrogens is 148 g/mol. The van der Waals surface area contributed by atoms with E-state index in [-0.39, 0.29) is 0 Å². The predicted molar refractivity (Wildman–Crippen MR) is 53.4 cm³/mol. The SMILES string of the molecule is CCN1CCCC(CN(C)C)C1. The molecule has 12 heavy (non-hydrogen) atoms. The van der Waals surface area contributed by atoms with Crippen molar-refractivity contribution in [3.63, 3.8) is 0 Å². The zero-order valence-electron chi connectivity index (χ0n) is 8.71. The van der Waals surface area contributed by atoms with Crippen LogP contribution in [0.3, 0.4) is 0 Å². The molecule has 1 aliphatic heterocycles. The van der Waals surface area contributed by atoms with Crippen LogP contribution in [0.15, 0.2) is 0 Å². The standard InChI is InChI=1S/C10H22N2/c1-4-12-7-5-6-10(9-12)8-11(2)3/h10H,4-9H2,1-3H3. The van der Waals surface area contributed by atoms with Crippen LogP contribution in [0, 0.1) is 5.92 Å². The number of nitrogens with zero attached hydrogens (tertiary/aromatic N) is 2. The maximum absolute atomic E-state index is 2.57. The third kappa shape index (κ3) is 3.11. The van der Waals surface area contributed by atoms with Crippen LogP contribution in [-0.2, 0) is 0 Å². The zero-order chi connectivity index (χ0) is 8.97. The van der Waals surface area contributed by atoms with E-state index in [1.54, 1.807) is 0 Å². The van der Waals surface area contributed by atoms with Gasteiger partial charge in [-0.2, -0.15) is 0 Å². The van der Waals surface area contributed by atoms with Crippen LogP contribution in [0.25, 0.3) is 0 Å². The van der Waals surface area contributed by atoms with Crippen LogP contribution in [0.2, 0.25) is 0 Å². The molecule has 0 aromatic rings. The number of likely N-dealkylation sites (tertiary alicyclic amines) is 1. The molecule has 0 aromatic heterocycles. The first kappa shape index (κ1) is 10.0. The Morgan fingerprint density at radius 3 is 2.75 bits per heavy atom. The van der Waals surface area contributed by atoms with Gasteiger partial charge < -0.3 is 9.80 Å². The summed E-state index contributed by atoms with van der Waals surface area (Å²) in [5, 5.41) is 0. The van der Waals surface area contributed by atoms with Crippen LogP contribution < -0.4 is 0 Å². The number of piperidine rings is 1. The molecular formula is C10H22N2. The third-order valence-electron chi connectivity index (χ3n) is 2.67. The molecule has 0 aliphatic carbocycles. The Morgan fingerprint density at radius 1 is 1.42 bits per heavy atom. The topological polar surface area (TPSA) is 6.48 Å². The quantitative estimate of drug-likeness (QED) is 0.629. The molecule has 1 fully saturated rings. The van der Waals surface area contributed by atoms with Crippen LogP contribution in [-0.4, -0.2) is 50.1 Å². The third-order valence-corrected chi connectivity index (χ3v) is 2.67. The average Bonchev–Trinajstić information content (AvgIpc) is 2.03. The molecule has 1 atom stereocenters. The first-order valence-electron chi connectivity index (χ1n) is 5.09. The van der Waals surface area contributed by atoms with Gasteiger partial charge in [0.2, 0.25) is 0 Å². The number of rotatable bonds is 3. The maximum atomic E-state index is 2.57. The van der Waals surface area contributed by atoms with Crippen molar-refractivity contribution in [1.29, 1.82) is 0 Å². The molecule has 0 radical (unpaired) electrons. The Morgan fingerprint density at radius 2 is 2.17 bits per heavy atom. The van der Waals surface area contributed by atoms with E-state index in [4.69, 9.17) is 0 Å². The Kier molecular flexibility index (Phi) is 4.02. The van der Waals surface area contributed by atoms with Crippen molar-refractivity contribution in [2.45, 2.75) is 19.8 Å². The minimum atomic E-state index is 0.911. The van der Waals surface area contributed by atoms with Crippen LogP contribution >= 0.6 is 0 Å². The summed E-state index contributed by atoms with van der Waals surface area (Å²) >= 11 is 0. The molecule has 0 saturated carbocycles. The summed E-state index contributed by atoms with van der Waals surface area (Å²) in [6, 6.07) is 0. The van der Waals surface area contributed by atoms with Gasteiger partial charge in [-0.1, -0.05) is 6.92 Å². The van der Waals surface area contributed by atoms with Crippen molar-refractivity contribution in [3.8, 4) is 0 Å². The lowest BCUT2D eigenvalue weighted by Crippen LogP contribution is -2.39. The first-order valence-corrected chi connectivity index (χ1v) is 5.09. The fourth-order valence-electron chi connectivity index (χ4n) is 2.10. The molecule has 1 heterocycles. The second-order valence-electron chi connectivity index (χ2n) is 4.16. The summed E-state index contributed by atoms with van der Waals surface area (Å²) in [5.74, 6) is 0.911. The minimum Gasteiger partial charge on any atom is -0.309 e. The monoisotopic (exact) mass is 170 g/mol. The van der Waals surface area contributed by atoms with E-state index in [0.29, 0.717) is 0 Å². The van der Waals surface area contributed by atoms with Crippen LogP contribution in [0.5, 0.6) is 0 Å². The lowest BCUT2D eigenvalue weighted by atomic mass is 9.98. The lowest BCUT2D eigenvalue weighted by molar-refractivity contribution is 0.157. The molecule has 72 valence electrons. The zero-order valence-corrected chi connectivity index (χ0v) is 8.71. The van der Waals surface area contributed by atoms with Crippen molar-refractivity contribution >= 4 is 0 Å². The molecule has 0 amide bonds. The van der Waals surface area contributed by atoms with Gasteiger partial charge in [-0.05, 0) is 45.9 Å². The summed E-state index contributed by atoms with van der Waals surface area (Å²) in [6.07, 6.45) is 2.82. The van der Waals surface area contributed by atoms with Gasteiger partial charge in [0, 0.05) is 13.1 Å². The van der Waals surface area contributed by atoms with Gasteiger partial charge in [0.1, 0.15) is 0 Å². The minimum absolute atomic E-state index is 0.911. The predicted octanol–water partition coefficient (Wildman–Crippen LogP) is 1.28. The van der Waals surface area contributed by atoms with Gasteiger partial charge in [-0.3, -0.25) is 0 Å². The Bertz CT molecular complexity index is 123. The Hall–Kier alpha value is -0.0800.